The monoisotopic (exact) mass is 506 g/mol. The van der Waals surface area contributed by atoms with Crippen LogP contribution in [0.3, 0.4) is 0 Å². The Balaban J connectivity index is 1.49. The molecule has 0 spiro atoms. The van der Waals surface area contributed by atoms with Crippen LogP contribution < -0.4 is 10.2 Å². The molecule has 8 nitrogen and oxygen atoms in total. The molecule has 4 heterocycles. The molecule has 8 heteroatoms. The number of hydrogen-bond acceptors (Lipinski definition) is 4. The van der Waals surface area contributed by atoms with Crippen molar-refractivity contribution in [1.82, 2.24) is 24.6 Å². The van der Waals surface area contributed by atoms with Crippen molar-refractivity contribution in [2.45, 2.75) is 26.1 Å². The molecule has 3 aromatic heterocycles. The van der Waals surface area contributed by atoms with Crippen molar-refractivity contribution in [3.8, 4) is 11.5 Å². The maximum absolute atomic E-state index is 13.9. The Bertz CT molecular complexity index is 1550. The minimum absolute atomic E-state index is 0.171. The first-order valence-electron chi connectivity index (χ1n) is 12.7. The molecule has 0 bridgehead atoms. The van der Waals surface area contributed by atoms with Crippen LogP contribution in [0.4, 0.5) is 10.5 Å². The summed E-state index contributed by atoms with van der Waals surface area (Å²) in [5, 5.41) is 7.98. The van der Waals surface area contributed by atoms with Crippen LogP contribution >= 0.6 is 0 Å². The highest BCUT2D eigenvalue weighted by Crippen LogP contribution is 2.38. The summed E-state index contributed by atoms with van der Waals surface area (Å²) < 4.78 is 9.61. The highest BCUT2D eigenvalue weighted by atomic mass is 16.3. The number of aromatic nitrogens is 3. The standard InChI is InChI=1S/C30H30N6O2/c1-21-26-20-35(30(37)31-19-25-11-8-18-38-25)28(22-13-15-23(16-14-22)33(2)3)27-12-7-17-34(27)29(26)36(32-21)24-9-5-4-6-10-24/h4-18,28H,19-20H2,1-3H3,(H,31,37)/t28-/m1/s1. The molecule has 1 aliphatic rings. The van der Waals surface area contributed by atoms with E-state index in [1.165, 1.54) is 0 Å². The zero-order chi connectivity index (χ0) is 26.2. The summed E-state index contributed by atoms with van der Waals surface area (Å²) >= 11 is 0. The molecule has 2 aromatic carbocycles. The lowest BCUT2D eigenvalue weighted by Gasteiger charge is -2.31. The Morgan fingerprint density at radius 1 is 1.03 bits per heavy atom. The third kappa shape index (κ3) is 4.14. The van der Waals surface area contributed by atoms with E-state index in [0.29, 0.717) is 18.8 Å². The topological polar surface area (TPSA) is 71.5 Å². The van der Waals surface area contributed by atoms with E-state index < -0.39 is 0 Å². The summed E-state index contributed by atoms with van der Waals surface area (Å²) in [6.45, 7) is 2.72. The molecule has 0 saturated carbocycles. The van der Waals surface area contributed by atoms with Crippen LogP contribution in [0, 0.1) is 6.92 Å². The molecule has 0 radical (unpaired) electrons. The van der Waals surface area contributed by atoms with Crippen molar-refractivity contribution >= 4 is 11.7 Å². The fourth-order valence-electron chi connectivity index (χ4n) is 5.13. The third-order valence-electron chi connectivity index (χ3n) is 7.07. The lowest BCUT2D eigenvalue weighted by atomic mass is 10.0. The fraction of sp³-hybridized carbons (Fsp3) is 0.200. The van der Waals surface area contributed by atoms with Gasteiger partial charge in [0.1, 0.15) is 11.6 Å². The SMILES string of the molecule is Cc1nn(-c2ccccc2)c2c1CN(C(=O)NCc1ccco1)[C@H](c1ccc(N(C)C)cc1)c1cccn1-2. The van der Waals surface area contributed by atoms with E-state index in [2.05, 4.69) is 51.3 Å². The van der Waals surface area contributed by atoms with E-state index in [0.717, 1.165) is 39.7 Å². The van der Waals surface area contributed by atoms with Crippen LogP contribution in [-0.2, 0) is 13.1 Å². The number of amides is 2. The molecule has 5 aromatic rings. The van der Waals surface area contributed by atoms with E-state index in [-0.39, 0.29) is 12.1 Å². The number of carbonyl (C=O) groups is 1. The van der Waals surface area contributed by atoms with Gasteiger partial charge in [-0.25, -0.2) is 9.48 Å². The molecule has 38 heavy (non-hydrogen) atoms. The summed E-state index contributed by atoms with van der Waals surface area (Å²) in [4.78, 5) is 17.8. The first-order valence-corrected chi connectivity index (χ1v) is 12.7. The maximum atomic E-state index is 13.9. The second kappa shape index (κ2) is 9.63. The van der Waals surface area contributed by atoms with E-state index in [1.54, 1.807) is 6.26 Å². The van der Waals surface area contributed by atoms with Crippen LogP contribution in [0.2, 0.25) is 0 Å². The summed E-state index contributed by atoms with van der Waals surface area (Å²) in [5.41, 5.74) is 5.99. The number of hydrogen-bond donors (Lipinski definition) is 1. The number of para-hydroxylation sites is 1. The molecule has 1 aliphatic heterocycles. The van der Waals surface area contributed by atoms with Crippen molar-refractivity contribution in [2.75, 3.05) is 19.0 Å². The number of aryl methyl sites for hydroxylation is 1. The lowest BCUT2D eigenvalue weighted by Crippen LogP contribution is -2.41. The maximum Gasteiger partial charge on any atom is 0.318 e. The van der Waals surface area contributed by atoms with Crippen LogP contribution in [-0.4, -0.2) is 39.4 Å². The number of furan rings is 1. The Kier molecular flexibility index (Phi) is 5.99. The molecule has 2 amide bonds. The van der Waals surface area contributed by atoms with Crippen LogP contribution in [0.1, 0.15) is 34.3 Å². The second-order valence-corrected chi connectivity index (χ2v) is 9.69. The zero-order valence-corrected chi connectivity index (χ0v) is 21.7. The number of nitrogens with zero attached hydrogens (tertiary/aromatic N) is 5. The summed E-state index contributed by atoms with van der Waals surface area (Å²) in [7, 11) is 4.05. The van der Waals surface area contributed by atoms with Crippen molar-refractivity contribution in [3.63, 3.8) is 0 Å². The lowest BCUT2D eigenvalue weighted by molar-refractivity contribution is 0.179. The van der Waals surface area contributed by atoms with Gasteiger partial charge in [0.2, 0.25) is 0 Å². The highest BCUT2D eigenvalue weighted by molar-refractivity contribution is 5.76. The predicted octanol–water partition coefficient (Wildman–Crippen LogP) is 5.45. The molecule has 0 unspecified atom stereocenters. The number of rotatable bonds is 5. The highest BCUT2D eigenvalue weighted by Gasteiger charge is 2.36. The van der Waals surface area contributed by atoms with Crippen molar-refractivity contribution in [3.05, 3.63) is 120 Å². The molecule has 6 rings (SSSR count). The Morgan fingerprint density at radius 2 is 1.82 bits per heavy atom. The molecular formula is C30H30N6O2. The Morgan fingerprint density at radius 3 is 2.53 bits per heavy atom. The average Bonchev–Trinajstić information content (AvgIpc) is 3.67. The Hall–Kier alpha value is -4.72. The number of carbonyl (C=O) groups excluding carboxylic acids is 1. The van der Waals surface area contributed by atoms with E-state index in [1.807, 2.05) is 79.1 Å². The minimum atomic E-state index is -0.311. The van der Waals surface area contributed by atoms with Gasteiger partial charge in [-0.1, -0.05) is 30.3 Å². The number of urea groups is 1. The number of nitrogens with one attached hydrogen (secondary N) is 1. The molecule has 1 atom stereocenters. The van der Waals surface area contributed by atoms with Gasteiger partial charge in [-0.2, -0.15) is 5.10 Å². The number of anilines is 1. The molecule has 0 saturated heterocycles. The van der Waals surface area contributed by atoms with Crippen LogP contribution in [0.5, 0.6) is 0 Å². The van der Waals surface area contributed by atoms with Crippen molar-refractivity contribution < 1.29 is 9.21 Å². The van der Waals surface area contributed by atoms with E-state index >= 15 is 0 Å². The fourth-order valence-corrected chi connectivity index (χ4v) is 5.13. The molecule has 0 aliphatic carbocycles. The third-order valence-corrected chi connectivity index (χ3v) is 7.07. The molecule has 0 fully saturated rings. The first kappa shape index (κ1) is 23.7. The van der Waals surface area contributed by atoms with Gasteiger partial charge < -0.3 is 24.1 Å². The van der Waals surface area contributed by atoms with Gasteiger partial charge in [-0.3, -0.25) is 0 Å². The zero-order valence-electron chi connectivity index (χ0n) is 21.7. The quantitative estimate of drug-likeness (QED) is 0.344. The molecular weight excluding hydrogens is 476 g/mol. The van der Waals surface area contributed by atoms with E-state index in [4.69, 9.17) is 9.52 Å². The molecule has 1 N–H and O–H groups in total. The predicted molar refractivity (Wildman–Crippen MR) is 147 cm³/mol. The number of benzene rings is 2. The largest absolute Gasteiger partial charge is 0.467 e. The van der Waals surface area contributed by atoms with Crippen LogP contribution in [0.15, 0.2) is 95.7 Å². The van der Waals surface area contributed by atoms with Gasteiger partial charge >= 0.3 is 6.03 Å². The summed E-state index contributed by atoms with van der Waals surface area (Å²) in [6.07, 6.45) is 3.67. The van der Waals surface area contributed by atoms with Gasteiger partial charge in [-0.15, -0.1) is 0 Å². The Labute approximate surface area is 221 Å². The smallest absolute Gasteiger partial charge is 0.318 e. The van der Waals surface area contributed by atoms with Gasteiger partial charge in [0.25, 0.3) is 0 Å². The van der Waals surface area contributed by atoms with E-state index in [9.17, 15) is 4.79 Å². The number of fused-ring (bicyclic) bond motifs is 3. The minimum Gasteiger partial charge on any atom is -0.467 e. The van der Waals surface area contributed by atoms with Crippen molar-refractivity contribution in [2.24, 2.45) is 0 Å². The van der Waals surface area contributed by atoms with Crippen LogP contribution in [0.25, 0.3) is 11.5 Å². The molecule has 192 valence electrons. The van der Waals surface area contributed by atoms with Gasteiger partial charge in [0.15, 0.2) is 0 Å². The van der Waals surface area contributed by atoms with Gasteiger partial charge in [-0.05, 0) is 61.0 Å². The summed E-state index contributed by atoms with van der Waals surface area (Å²) in [5.74, 6) is 1.65. The summed E-state index contributed by atoms with van der Waals surface area (Å²) in [6, 6.07) is 25.8. The first-order chi connectivity index (χ1) is 18.5. The van der Waals surface area contributed by atoms with Crippen molar-refractivity contribution in [1.29, 1.82) is 0 Å². The normalized spacial score (nSPS) is 14.5. The van der Waals surface area contributed by atoms with Gasteiger partial charge in [0.05, 0.1) is 42.5 Å². The van der Waals surface area contributed by atoms with Gasteiger partial charge in [0, 0.05) is 31.5 Å². The average molecular weight is 507 g/mol. The second-order valence-electron chi connectivity index (χ2n) is 9.69.